The van der Waals surface area contributed by atoms with Crippen molar-refractivity contribution in [3.05, 3.63) is 41.2 Å². The van der Waals surface area contributed by atoms with Crippen molar-refractivity contribution in [1.29, 1.82) is 0 Å². The van der Waals surface area contributed by atoms with Crippen LogP contribution < -0.4 is 0 Å². The van der Waals surface area contributed by atoms with E-state index in [1.807, 2.05) is 0 Å². The van der Waals surface area contributed by atoms with Gasteiger partial charge in [-0.15, -0.1) is 0 Å². The van der Waals surface area contributed by atoms with Gasteiger partial charge in [-0.1, -0.05) is 29.8 Å². The molecule has 2 heteroatoms. The minimum absolute atomic E-state index is 0.473. The van der Waals surface area contributed by atoms with Crippen molar-refractivity contribution in [2.24, 2.45) is 0 Å². The third kappa shape index (κ3) is 1.58. The van der Waals surface area contributed by atoms with Crippen LogP contribution in [0.3, 0.4) is 0 Å². The summed E-state index contributed by atoms with van der Waals surface area (Å²) < 4.78 is 11.6. The lowest BCUT2D eigenvalue weighted by Gasteiger charge is -1.93. The number of hydrogen-bond acceptors (Lipinski definition) is 0. The van der Waals surface area contributed by atoms with E-state index in [1.54, 1.807) is 24.3 Å². The highest BCUT2D eigenvalue weighted by Crippen LogP contribution is 2.15. The zero-order valence-electron chi connectivity index (χ0n) is 5.22. The van der Waals surface area contributed by atoms with Crippen LogP contribution in [0.1, 0.15) is 5.56 Å². The maximum absolute atomic E-state index is 11.6. The van der Waals surface area contributed by atoms with Gasteiger partial charge >= 0.3 is 0 Å². The molecule has 52 valence electrons. The topological polar surface area (TPSA) is 0 Å². The van der Waals surface area contributed by atoms with E-state index in [9.17, 15) is 4.39 Å². The molecule has 0 N–H and O–H groups in total. The maximum Gasteiger partial charge on any atom is 0.0873 e. The van der Waals surface area contributed by atoms with E-state index in [4.69, 9.17) is 11.6 Å². The Bertz CT molecular complexity index is 243. The predicted molar refractivity (Wildman–Crippen MR) is 41.6 cm³/mol. The molecule has 0 aliphatic carbocycles. The van der Waals surface area contributed by atoms with Crippen LogP contribution in [0.15, 0.2) is 30.6 Å². The smallest absolute Gasteiger partial charge is 0.0873 e. The van der Waals surface area contributed by atoms with Gasteiger partial charge in [0.25, 0.3) is 0 Å². The van der Waals surface area contributed by atoms with E-state index < -0.39 is 0 Å². The molecule has 0 spiro atoms. The Morgan fingerprint density at radius 1 is 1.30 bits per heavy atom. The molecule has 0 aliphatic rings. The molecular weight excluding hydrogens is 151 g/mol. The molecule has 0 heterocycles. The van der Waals surface area contributed by atoms with Crippen LogP contribution in [0, 0.1) is 0 Å². The Morgan fingerprint density at radius 2 is 2.00 bits per heavy atom. The highest BCUT2D eigenvalue weighted by atomic mass is 35.5. The van der Waals surface area contributed by atoms with Crippen LogP contribution in [-0.2, 0) is 0 Å². The van der Waals surface area contributed by atoms with Crippen LogP contribution in [0.25, 0.3) is 6.08 Å². The van der Waals surface area contributed by atoms with E-state index in [0.717, 1.165) is 0 Å². The molecule has 0 atom stereocenters. The van der Waals surface area contributed by atoms with Crippen LogP contribution in [0.5, 0.6) is 0 Å². The highest BCUT2D eigenvalue weighted by molar-refractivity contribution is 6.32. The van der Waals surface area contributed by atoms with Crippen molar-refractivity contribution in [2.45, 2.75) is 0 Å². The summed E-state index contributed by atoms with van der Waals surface area (Å²) in [4.78, 5) is 0. The Morgan fingerprint density at radius 3 is 2.60 bits per heavy atom. The van der Waals surface area contributed by atoms with Gasteiger partial charge < -0.3 is 0 Å². The summed E-state index contributed by atoms with van der Waals surface area (Å²) in [6, 6.07) is 7.08. The second-order valence-electron chi connectivity index (χ2n) is 1.81. The summed E-state index contributed by atoms with van der Waals surface area (Å²) >= 11 is 5.69. The molecule has 0 unspecified atom stereocenters. The fourth-order valence-electron chi connectivity index (χ4n) is 0.678. The highest BCUT2D eigenvalue weighted by Gasteiger charge is 1.91. The number of hydrogen-bond donors (Lipinski definition) is 0. The third-order valence-corrected chi connectivity index (χ3v) is 1.49. The minimum Gasteiger partial charge on any atom is -0.216 e. The van der Waals surface area contributed by atoms with Crippen molar-refractivity contribution in [3.8, 4) is 0 Å². The van der Waals surface area contributed by atoms with Crippen LogP contribution in [0.2, 0.25) is 5.02 Å². The van der Waals surface area contributed by atoms with Crippen molar-refractivity contribution in [2.75, 3.05) is 0 Å². The molecule has 1 rings (SSSR count). The largest absolute Gasteiger partial charge is 0.216 e. The van der Waals surface area contributed by atoms with E-state index in [0.29, 0.717) is 16.9 Å². The molecule has 0 fully saturated rings. The quantitative estimate of drug-likeness (QED) is 0.586. The fourth-order valence-corrected chi connectivity index (χ4v) is 0.877. The maximum atomic E-state index is 11.6. The third-order valence-electron chi connectivity index (χ3n) is 1.15. The molecule has 0 saturated heterocycles. The van der Waals surface area contributed by atoms with Gasteiger partial charge in [-0.2, -0.15) is 0 Å². The van der Waals surface area contributed by atoms with E-state index in [2.05, 4.69) is 0 Å². The molecule has 0 aromatic heterocycles. The molecule has 1 aromatic carbocycles. The Balaban J connectivity index is 3.03. The molecule has 0 amide bonds. The average molecular weight is 157 g/mol. The second kappa shape index (κ2) is 3.37. The molecule has 0 bridgehead atoms. The average Bonchev–Trinajstić information content (AvgIpc) is 1.94. The zero-order valence-corrected chi connectivity index (χ0v) is 5.98. The van der Waals surface area contributed by atoms with Gasteiger partial charge in [-0.05, 0) is 17.7 Å². The van der Waals surface area contributed by atoms with Gasteiger partial charge in [-0.3, -0.25) is 0 Å². The lowest BCUT2D eigenvalue weighted by molar-refractivity contribution is 0.727. The van der Waals surface area contributed by atoms with Crippen molar-refractivity contribution < 1.29 is 4.39 Å². The van der Waals surface area contributed by atoms with Crippen molar-refractivity contribution in [3.63, 3.8) is 0 Å². The van der Waals surface area contributed by atoms with Crippen molar-refractivity contribution in [1.82, 2.24) is 0 Å². The van der Waals surface area contributed by atoms with Crippen LogP contribution >= 0.6 is 11.6 Å². The molecule has 10 heavy (non-hydrogen) atoms. The van der Waals surface area contributed by atoms with Gasteiger partial charge in [0.15, 0.2) is 0 Å². The summed E-state index contributed by atoms with van der Waals surface area (Å²) in [5.74, 6) is 0. The summed E-state index contributed by atoms with van der Waals surface area (Å²) in [5, 5.41) is 0.566. The second-order valence-corrected chi connectivity index (χ2v) is 2.22. The Labute approximate surface area is 63.9 Å². The molecule has 0 saturated carbocycles. The van der Waals surface area contributed by atoms with Crippen molar-refractivity contribution >= 4 is 17.7 Å². The van der Waals surface area contributed by atoms with Gasteiger partial charge in [0.2, 0.25) is 0 Å². The first kappa shape index (κ1) is 7.29. The first-order valence-electron chi connectivity index (χ1n) is 2.86. The number of halogens is 2. The van der Waals surface area contributed by atoms with Gasteiger partial charge in [0.1, 0.15) is 0 Å². The standard InChI is InChI=1S/C8H6ClF/c9-8-4-2-1-3-7(8)5-6-10/h1-6H/b6-5-. The summed E-state index contributed by atoms with van der Waals surface area (Å²) in [6.07, 6.45) is 1.80. The Hall–Kier alpha value is -0.820. The molecular formula is C8H6ClF. The predicted octanol–water partition coefficient (Wildman–Crippen LogP) is 3.28. The first-order valence-corrected chi connectivity index (χ1v) is 3.23. The normalized spacial score (nSPS) is 10.6. The lowest BCUT2D eigenvalue weighted by atomic mass is 10.2. The van der Waals surface area contributed by atoms with Crippen LogP contribution in [0.4, 0.5) is 4.39 Å². The van der Waals surface area contributed by atoms with Gasteiger partial charge in [0, 0.05) is 5.02 Å². The van der Waals surface area contributed by atoms with Gasteiger partial charge in [-0.25, -0.2) is 4.39 Å². The van der Waals surface area contributed by atoms with Gasteiger partial charge in [0.05, 0.1) is 6.33 Å². The summed E-state index contributed by atoms with van der Waals surface area (Å²) in [6.45, 7) is 0. The van der Waals surface area contributed by atoms with E-state index in [-0.39, 0.29) is 0 Å². The Kier molecular flexibility index (Phi) is 2.46. The molecule has 0 nitrogen and oxygen atoms in total. The molecule has 0 radical (unpaired) electrons. The lowest BCUT2D eigenvalue weighted by Crippen LogP contribution is -1.70. The zero-order chi connectivity index (χ0) is 7.40. The van der Waals surface area contributed by atoms with E-state index in [1.165, 1.54) is 6.08 Å². The number of rotatable bonds is 1. The monoisotopic (exact) mass is 156 g/mol. The minimum atomic E-state index is 0.473. The summed E-state index contributed by atoms with van der Waals surface area (Å²) in [5.41, 5.74) is 0.701. The fraction of sp³-hybridized carbons (Fsp3) is 0. The van der Waals surface area contributed by atoms with E-state index >= 15 is 0 Å². The first-order chi connectivity index (χ1) is 4.84. The summed E-state index contributed by atoms with van der Waals surface area (Å²) in [7, 11) is 0. The molecule has 1 aromatic rings. The number of benzene rings is 1. The molecule has 0 aliphatic heterocycles. The SMILES string of the molecule is F/C=C\c1ccccc1Cl. The van der Waals surface area contributed by atoms with Crippen LogP contribution in [-0.4, -0.2) is 0 Å².